The fraction of sp³-hybridized carbons (Fsp3) is 0.0476. The summed E-state index contributed by atoms with van der Waals surface area (Å²) < 4.78 is 0. The fourth-order valence-corrected chi connectivity index (χ4v) is 2.91. The Labute approximate surface area is 150 Å². The zero-order valence-electron chi connectivity index (χ0n) is 14.1. The molecular weight excluding hydrogens is 324 g/mol. The first kappa shape index (κ1) is 15.9. The molecule has 1 heterocycles. The van der Waals surface area contributed by atoms with E-state index in [9.17, 15) is 4.79 Å². The van der Waals surface area contributed by atoms with Gasteiger partial charge in [0.2, 0.25) is 0 Å². The van der Waals surface area contributed by atoms with Gasteiger partial charge in [-0.25, -0.2) is 4.98 Å². The molecule has 0 aliphatic heterocycles. The number of aromatic nitrogens is 2. The van der Waals surface area contributed by atoms with Crippen molar-refractivity contribution in [1.29, 1.82) is 0 Å². The first-order valence-electron chi connectivity index (χ1n) is 8.37. The second-order valence-corrected chi connectivity index (χ2v) is 6.09. The van der Waals surface area contributed by atoms with Gasteiger partial charge in [-0.15, -0.1) is 0 Å². The molecule has 0 unspecified atom stereocenters. The van der Waals surface area contributed by atoms with E-state index < -0.39 is 0 Å². The van der Waals surface area contributed by atoms with Crippen LogP contribution in [0.25, 0.3) is 22.2 Å². The molecule has 0 atom stereocenters. The SMILES string of the molecule is Nc1cccc(-c2cccc(C(=O)NCc3nc4ccccc4[nH]3)c2)c1. The highest BCUT2D eigenvalue weighted by Crippen LogP contribution is 2.22. The Morgan fingerprint density at radius 1 is 0.962 bits per heavy atom. The van der Waals surface area contributed by atoms with Crippen molar-refractivity contribution in [2.45, 2.75) is 6.54 Å². The number of hydrogen-bond donors (Lipinski definition) is 3. The van der Waals surface area contributed by atoms with Crippen LogP contribution in [-0.2, 0) is 6.54 Å². The van der Waals surface area contributed by atoms with Gasteiger partial charge in [0.25, 0.3) is 5.91 Å². The van der Waals surface area contributed by atoms with Crippen LogP contribution in [0.1, 0.15) is 16.2 Å². The third-order valence-electron chi connectivity index (χ3n) is 4.20. The van der Waals surface area contributed by atoms with Gasteiger partial charge in [-0.3, -0.25) is 4.79 Å². The van der Waals surface area contributed by atoms with Crippen LogP contribution in [-0.4, -0.2) is 15.9 Å². The van der Waals surface area contributed by atoms with E-state index in [1.165, 1.54) is 0 Å². The summed E-state index contributed by atoms with van der Waals surface area (Å²) in [4.78, 5) is 20.2. The molecule has 0 saturated carbocycles. The average Bonchev–Trinajstić information content (AvgIpc) is 3.09. The number of benzene rings is 3. The molecule has 4 aromatic rings. The predicted molar refractivity (Wildman–Crippen MR) is 104 cm³/mol. The molecule has 0 saturated heterocycles. The van der Waals surface area contributed by atoms with E-state index in [1.807, 2.05) is 66.7 Å². The Kier molecular flexibility index (Phi) is 4.11. The zero-order chi connectivity index (χ0) is 17.9. The highest BCUT2D eigenvalue weighted by Gasteiger charge is 2.09. The van der Waals surface area contributed by atoms with Crippen LogP contribution in [0.4, 0.5) is 5.69 Å². The van der Waals surface area contributed by atoms with Crippen molar-refractivity contribution in [1.82, 2.24) is 15.3 Å². The number of para-hydroxylation sites is 2. The molecule has 0 fully saturated rings. The normalized spacial score (nSPS) is 10.8. The number of imidazole rings is 1. The smallest absolute Gasteiger partial charge is 0.251 e. The third-order valence-corrected chi connectivity index (χ3v) is 4.20. The van der Waals surface area contributed by atoms with E-state index in [2.05, 4.69) is 15.3 Å². The molecule has 3 aromatic carbocycles. The van der Waals surface area contributed by atoms with Crippen LogP contribution in [0, 0.1) is 0 Å². The molecule has 0 radical (unpaired) electrons. The summed E-state index contributed by atoms with van der Waals surface area (Å²) >= 11 is 0. The molecule has 1 amide bonds. The zero-order valence-corrected chi connectivity index (χ0v) is 14.1. The summed E-state index contributed by atoms with van der Waals surface area (Å²) in [5.74, 6) is 0.586. The van der Waals surface area contributed by atoms with Crippen molar-refractivity contribution in [3.63, 3.8) is 0 Å². The Bertz CT molecular complexity index is 1050. The number of nitrogens with two attached hydrogens (primary N) is 1. The van der Waals surface area contributed by atoms with Gasteiger partial charge in [-0.2, -0.15) is 0 Å². The molecule has 0 aliphatic rings. The molecule has 26 heavy (non-hydrogen) atoms. The Morgan fingerprint density at radius 3 is 2.54 bits per heavy atom. The van der Waals surface area contributed by atoms with Crippen molar-refractivity contribution >= 4 is 22.6 Å². The minimum Gasteiger partial charge on any atom is -0.399 e. The molecule has 0 aliphatic carbocycles. The van der Waals surface area contributed by atoms with E-state index in [4.69, 9.17) is 5.73 Å². The number of anilines is 1. The lowest BCUT2D eigenvalue weighted by Gasteiger charge is -2.07. The number of H-pyrrole nitrogens is 1. The summed E-state index contributed by atoms with van der Waals surface area (Å²) in [5.41, 5.74) is 10.9. The van der Waals surface area contributed by atoms with E-state index in [0.717, 1.165) is 28.0 Å². The quantitative estimate of drug-likeness (QED) is 0.494. The third kappa shape index (κ3) is 3.28. The van der Waals surface area contributed by atoms with Crippen LogP contribution >= 0.6 is 0 Å². The van der Waals surface area contributed by atoms with Crippen molar-refractivity contribution in [3.05, 3.63) is 84.2 Å². The Balaban J connectivity index is 1.50. The van der Waals surface area contributed by atoms with Crippen molar-refractivity contribution in [2.75, 3.05) is 5.73 Å². The number of carbonyl (C=O) groups is 1. The number of aromatic amines is 1. The highest BCUT2D eigenvalue weighted by molar-refractivity contribution is 5.95. The van der Waals surface area contributed by atoms with Gasteiger partial charge >= 0.3 is 0 Å². The lowest BCUT2D eigenvalue weighted by atomic mass is 10.0. The van der Waals surface area contributed by atoms with Gasteiger partial charge in [-0.1, -0.05) is 36.4 Å². The Morgan fingerprint density at radius 2 is 1.73 bits per heavy atom. The standard InChI is InChI=1S/C21H18N4O/c22-17-8-4-6-15(12-17)14-5-3-7-16(11-14)21(26)23-13-20-24-18-9-1-2-10-19(18)25-20/h1-12H,13,22H2,(H,23,26)(H,24,25). The summed E-state index contributed by atoms with van der Waals surface area (Å²) in [6, 6.07) is 22.9. The summed E-state index contributed by atoms with van der Waals surface area (Å²) in [6.45, 7) is 0.343. The van der Waals surface area contributed by atoms with Crippen LogP contribution in [0.2, 0.25) is 0 Å². The first-order chi connectivity index (χ1) is 12.7. The van der Waals surface area contributed by atoms with E-state index in [-0.39, 0.29) is 5.91 Å². The number of nitrogen functional groups attached to an aromatic ring is 1. The van der Waals surface area contributed by atoms with Gasteiger partial charge in [-0.05, 0) is 47.5 Å². The number of nitrogens with one attached hydrogen (secondary N) is 2. The minimum atomic E-state index is -0.142. The number of amides is 1. The maximum Gasteiger partial charge on any atom is 0.251 e. The minimum absolute atomic E-state index is 0.142. The molecule has 5 nitrogen and oxygen atoms in total. The monoisotopic (exact) mass is 342 g/mol. The van der Waals surface area contributed by atoms with Crippen molar-refractivity contribution < 1.29 is 4.79 Å². The molecule has 5 heteroatoms. The van der Waals surface area contributed by atoms with Gasteiger partial charge in [0.05, 0.1) is 17.6 Å². The number of hydrogen-bond acceptors (Lipinski definition) is 3. The Hall–Kier alpha value is -3.60. The van der Waals surface area contributed by atoms with E-state index in [1.54, 1.807) is 6.07 Å². The lowest BCUT2D eigenvalue weighted by molar-refractivity contribution is 0.0950. The number of carbonyl (C=O) groups excluding carboxylic acids is 1. The van der Waals surface area contributed by atoms with Gasteiger partial charge in [0.15, 0.2) is 0 Å². The predicted octanol–water partition coefficient (Wildman–Crippen LogP) is 3.74. The van der Waals surface area contributed by atoms with Crippen molar-refractivity contribution in [3.8, 4) is 11.1 Å². The first-order valence-corrected chi connectivity index (χ1v) is 8.37. The second kappa shape index (κ2) is 6.72. The van der Waals surface area contributed by atoms with Crippen LogP contribution in [0.15, 0.2) is 72.8 Å². The topological polar surface area (TPSA) is 83.8 Å². The molecule has 4 N–H and O–H groups in total. The fourth-order valence-electron chi connectivity index (χ4n) is 2.91. The van der Waals surface area contributed by atoms with Crippen LogP contribution in [0.3, 0.4) is 0 Å². The molecule has 128 valence electrons. The molecule has 1 aromatic heterocycles. The van der Waals surface area contributed by atoms with Crippen LogP contribution in [0.5, 0.6) is 0 Å². The average molecular weight is 342 g/mol. The number of rotatable bonds is 4. The lowest BCUT2D eigenvalue weighted by Crippen LogP contribution is -2.23. The van der Waals surface area contributed by atoms with Gasteiger partial charge < -0.3 is 16.0 Å². The molecule has 0 bridgehead atoms. The van der Waals surface area contributed by atoms with Gasteiger partial charge in [0, 0.05) is 11.3 Å². The second-order valence-electron chi connectivity index (χ2n) is 6.09. The van der Waals surface area contributed by atoms with E-state index >= 15 is 0 Å². The summed E-state index contributed by atoms with van der Waals surface area (Å²) in [7, 11) is 0. The molecule has 0 spiro atoms. The number of nitrogens with zero attached hydrogens (tertiary/aromatic N) is 1. The molecule has 4 rings (SSSR count). The maximum atomic E-state index is 12.5. The van der Waals surface area contributed by atoms with Gasteiger partial charge in [0.1, 0.15) is 5.82 Å². The van der Waals surface area contributed by atoms with Crippen LogP contribution < -0.4 is 11.1 Å². The highest BCUT2D eigenvalue weighted by atomic mass is 16.1. The molecular formula is C21H18N4O. The summed E-state index contributed by atoms with van der Waals surface area (Å²) in [6.07, 6.45) is 0. The maximum absolute atomic E-state index is 12.5. The number of fused-ring (bicyclic) bond motifs is 1. The summed E-state index contributed by atoms with van der Waals surface area (Å²) in [5, 5.41) is 2.91. The largest absolute Gasteiger partial charge is 0.399 e. The van der Waals surface area contributed by atoms with Crippen molar-refractivity contribution in [2.24, 2.45) is 0 Å². The van der Waals surface area contributed by atoms with E-state index in [0.29, 0.717) is 17.8 Å².